The van der Waals surface area contributed by atoms with Gasteiger partial charge in [0.15, 0.2) is 0 Å². The molecule has 1 aromatic rings. The van der Waals surface area contributed by atoms with Crippen LogP contribution in [0.4, 0.5) is 0 Å². The number of carbonyl (C=O) groups is 1. The van der Waals surface area contributed by atoms with Crippen LogP contribution in [0.3, 0.4) is 0 Å². The molecule has 22 heavy (non-hydrogen) atoms. The van der Waals surface area contributed by atoms with Crippen LogP contribution in [0.15, 0.2) is 24.3 Å². The molecule has 0 bridgehead atoms. The van der Waals surface area contributed by atoms with Crippen molar-refractivity contribution in [1.29, 1.82) is 0 Å². The number of hydrogen-bond donors (Lipinski definition) is 1. The summed E-state index contributed by atoms with van der Waals surface area (Å²) in [4.78, 5) is 13.2. The van der Waals surface area contributed by atoms with Crippen LogP contribution in [-0.2, 0) is 11.2 Å². The van der Waals surface area contributed by atoms with Gasteiger partial charge in [0, 0.05) is 13.0 Å². The van der Waals surface area contributed by atoms with Gasteiger partial charge in [-0.2, -0.15) is 0 Å². The Balaban J connectivity index is 1.73. The summed E-state index contributed by atoms with van der Waals surface area (Å²) < 4.78 is 5.39. The largest absolute Gasteiger partial charge is 0.496 e. The first-order chi connectivity index (χ1) is 10.7. The maximum Gasteiger partial charge on any atom is 0.303 e. The fraction of sp³-hybridized carbons (Fsp3) is 0.611. The van der Waals surface area contributed by atoms with Crippen molar-refractivity contribution in [3.63, 3.8) is 0 Å². The van der Waals surface area contributed by atoms with Gasteiger partial charge in [-0.3, -0.25) is 4.79 Å². The molecule has 2 rings (SSSR count). The minimum absolute atomic E-state index is 0.305. The second kappa shape index (κ2) is 8.79. The molecule has 122 valence electrons. The van der Waals surface area contributed by atoms with Gasteiger partial charge in [0.25, 0.3) is 0 Å². The number of methoxy groups -OCH3 is 1. The predicted molar refractivity (Wildman–Crippen MR) is 87.3 cm³/mol. The van der Waals surface area contributed by atoms with Gasteiger partial charge in [-0.1, -0.05) is 18.2 Å². The number of rotatable bonds is 8. The Hall–Kier alpha value is -1.55. The van der Waals surface area contributed by atoms with Gasteiger partial charge in [0.1, 0.15) is 5.75 Å². The standard InChI is InChI=1S/C18H27NO3/c1-22-17-9-3-2-7-16(17)8-5-13-19-12-4-6-15(14-19)10-11-18(20)21/h2-3,7,9,15H,4-6,8,10-14H2,1H3,(H,20,21). The number of hydrogen-bond acceptors (Lipinski definition) is 3. The Morgan fingerprint density at radius 1 is 1.41 bits per heavy atom. The second-order valence-corrected chi connectivity index (χ2v) is 6.16. The molecule has 1 aliphatic rings. The first kappa shape index (κ1) is 16.8. The van der Waals surface area contributed by atoms with Crippen LogP contribution < -0.4 is 4.74 Å². The summed E-state index contributed by atoms with van der Waals surface area (Å²) in [7, 11) is 1.72. The number of nitrogens with zero attached hydrogens (tertiary/aromatic N) is 1. The molecule has 1 aliphatic heterocycles. The van der Waals surface area contributed by atoms with Crippen LogP contribution in [0, 0.1) is 5.92 Å². The third-order valence-corrected chi connectivity index (χ3v) is 4.48. The van der Waals surface area contributed by atoms with Crippen LogP contribution in [0.25, 0.3) is 0 Å². The van der Waals surface area contributed by atoms with Crippen LogP contribution >= 0.6 is 0 Å². The molecule has 0 radical (unpaired) electrons. The van der Waals surface area contributed by atoms with Crippen molar-refractivity contribution in [1.82, 2.24) is 4.90 Å². The molecular formula is C18H27NO3. The Morgan fingerprint density at radius 2 is 2.23 bits per heavy atom. The van der Waals surface area contributed by atoms with E-state index in [2.05, 4.69) is 17.0 Å². The Morgan fingerprint density at radius 3 is 3.00 bits per heavy atom. The van der Waals surface area contributed by atoms with E-state index >= 15 is 0 Å². The summed E-state index contributed by atoms with van der Waals surface area (Å²) in [6, 6.07) is 8.20. The van der Waals surface area contributed by atoms with E-state index in [9.17, 15) is 4.79 Å². The smallest absolute Gasteiger partial charge is 0.303 e. The zero-order valence-corrected chi connectivity index (χ0v) is 13.5. The van der Waals surface area contributed by atoms with Crippen molar-refractivity contribution in [2.75, 3.05) is 26.7 Å². The summed E-state index contributed by atoms with van der Waals surface area (Å²) in [5.41, 5.74) is 1.27. The van der Waals surface area contributed by atoms with Gasteiger partial charge < -0.3 is 14.7 Å². The number of carboxylic acids is 1. The lowest BCUT2D eigenvalue weighted by atomic mass is 9.93. The van der Waals surface area contributed by atoms with E-state index < -0.39 is 5.97 Å². The van der Waals surface area contributed by atoms with E-state index in [1.165, 1.54) is 18.4 Å². The van der Waals surface area contributed by atoms with Crippen LogP contribution in [-0.4, -0.2) is 42.7 Å². The van der Waals surface area contributed by atoms with Gasteiger partial charge in [0.05, 0.1) is 7.11 Å². The molecule has 4 nitrogen and oxygen atoms in total. The summed E-state index contributed by atoms with van der Waals surface area (Å²) in [5.74, 6) is 0.852. The zero-order chi connectivity index (χ0) is 15.8. The van der Waals surface area contributed by atoms with Gasteiger partial charge >= 0.3 is 5.97 Å². The number of para-hydroxylation sites is 1. The lowest BCUT2D eigenvalue weighted by molar-refractivity contribution is -0.137. The lowest BCUT2D eigenvalue weighted by Gasteiger charge is -2.32. The Labute approximate surface area is 133 Å². The predicted octanol–water partition coefficient (Wildman–Crippen LogP) is 3.20. The highest BCUT2D eigenvalue weighted by molar-refractivity contribution is 5.66. The first-order valence-electron chi connectivity index (χ1n) is 8.25. The molecule has 1 atom stereocenters. The third kappa shape index (κ3) is 5.34. The number of piperidine rings is 1. The fourth-order valence-electron chi connectivity index (χ4n) is 3.32. The molecule has 1 fully saturated rings. The molecule has 1 saturated heterocycles. The molecule has 1 unspecified atom stereocenters. The number of aryl methyl sites for hydroxylation is 1. The average Bonchev–Trinajstić information content (AvgIpc) is 2.54. The zero-order valence-electron chi connectivity index (χ0n) is 13.5. The van der Waals surface area contributed by atoms with Crippen LogP contribution in [0.2, 0.25) is 0 Å². The molecule has 1 N–H and O–H groups in total. The number of aliphatic carboxylic acids is 1. The SMILES string of the molecule is COc1ccccc1CCCN1CCCC(CCC(=O)O)C1. The summed E-state index contributed by atoms with van der Waals surface area (Å²) in [5, 5.41) is 8.80. The maximum absolute atomic E-state index is 10.7. The summed E-state index contributed by atoms with van der Waals surface area (Å²) in [6.45, 7) is 3.29. The second-order valence-electron chi connectivity index (χ2n) is 6.16. The van der Waals surface area contributed by atoms with Gasteiger partial charge in [0.2, 0.25) is 0 Å². The van der Waals surface area contributed by atoms with E-state index in [1.807, 2.05) is 12.1 Å². The molecule has 1 aromatic carbocycles. The van der Waals surface area contributed by atoms with Gasteiger partial charge in [-0.15, -0.1) is 0 Å². The van der Waals surface area contributed by atoms with E-state index in [0.29, 0.717) is 12.3 Å². The fourth-order valence-corrected chi connectivity index (χ4v) is 3.32. The van der Waals surface area contributed by atoms with Crippen molar-refractivity contribution in [2.24, 2.45) is 5.92 Å². The monoisotopic (exact) mass is 305 g/mol. The van der Waals surface area contributed by atoms with Crippen molar-refractivity contribution in [3.05, 3.63) is 29.8 Å². The normalized spacial score (nSPS) is 19.0. The number of carboxylic acid groups (broad SMARTS) is 1. The van der Waals surface area contributed by atoms with Crippen molar-refractivity contribution < 1.29 is 14.6 Å². The molecule has 0 spiro atoms. The summed E-state index contributed by atoms with van der Waals surface area (Å²) in [6.07, 6.45) is 5.64. The van der Waals surface area contributed by atoms with Gasteiger partial charge in [-0.25, -0.2) is 0 Å². The van der Waals surface area contributed by atoms with Gasteiger partial charge in [-0.05, 0) is 62.7 Å². The van der Waals surface area contributed by atoms with Crippen LogP contribution in [0.5, 0.6) is 5.75 Å². The highest BCUT2D eigenvalue weighted by Crippen LogP contribution is 2.22. The van der Waals surface area contributed by atoms with Crippen LogP contribution in [0.1, 0.15) is 37.7 Å². The topological polar surface area (TPSA) is 49.8 Å². The number of benzene rings is 1. The third-order valence-electron chi connectivity index (χ3n) is 4.48. The Bertz CT molecular complexity index is 475. The number of likely N-dealkylation sites (tertiary alicyclic amines) is 1. The van der Waals surface area contributed by atoms with E-state index in [-0.39, 0.29) is 0 Å². The molecule has 4 heteroatoms. The minimum atomic E-state index is -0.673. The van der Waals surface area contributed by atoms with Crippen molar-refractivity contribution in [2.45, 2.75) is 38.5 Å². The van der Waals surface area contributed by atoms with Crippen molar-refractivity contribution >= 4 is 5.97 Å². The molecule has 0 amide bonds. The summed E-state index contributed by atoms with van der Waals surface area (Å²) >= 11 is 0. The molecule has 0 aromatic heterocycles. The maximum atomic E-state index is 10.7. The minimum Gasteiger partial charge on any atom is -0.496 e. The average molecular weight is 305 g/mol. The quantitative estimate of drug-likeness (QED) is 0.801. The first-order valence-corrected chi connectivity index (χ1v) is 8.25. The lowest BCUT2D eigenvalue weighted by Crippen LogP contribution is -2.36. The van der Waals surface area contributed by atoms with E-state index in [4.69, 9.17) is 9.84 Å². The highest BCUT2D eigenvalue weighted by atomic mass is 16.5. The van der Waals surface area contributed by atoms with Crippen molar-refractivity contribution in [3.8, 4) is 5.75 Å². The molecule has 1 heterocycles. The molecular weight excluding hydrogens is 278 g/mol. The molecule has 0 aliphatic carbocycles. The Kier molecular flexibility index (Phi) is 6.72. The number of ether oxygens (including phenoxy) is 1. The van der Waals surface area contributed by atoms with E-state index in [1.54, 1.807) is 7.11 Å². The molecule has 0 saturated carbocycles. The van der Waals surface area contributed by atoms with E-state index in [0.717, 1.165) is 44.6 Å². The highest BCUT2D eigenvalue weighted by Gasteiger charge is 2.20.